The lowest BCUT2D eigenvalue weighted by molar-refractivity contribution is 0.0953. The number of carbonyl (C=O) groups excluding carboxylic acids is 1. The fourth-order valence-corrected chi connectivity index (χ4v) is 3.38. The molecule has 0 spiro atoms. The molecule has 0 unspecified atom stereocenters. The summed E-state index contributed by atoms with van der Waals surface area (Å²) in [6.07, 6.45) is 4.04. The number of nitrogens with one attached hydrogen (secondary N) is 1. The van der Waals surface area contributed by atoms with Gasteiger partial charge in [0.1, 0.15) is 5.82 Å². The smallest absolute Gasteiger partial charge is 0.251 e. The zero-order valence-corrected chi connectivity index (χ0v) is 15.8. The van der Waals surface area contributed by atoms with Crippen molar-refractivity contribution in [1.29, 1.82) is 0 Å². The average Bonchev–Trinajstić information content (AvgIpc) is 3.01. The molecule has 0 atom stereocenters. The highest BCUT2D eigenvalue weighted by Gasteiger charge is 2.09. The first-order valence-electron chi connectivity index (χ1n) is 9.17. The average molecular weight is 370 g/mol. The van der Waals surface area contributed by atoms with Gasteiger partial charge in [0.2, 0.25) is 0 Å². The van der Waals surface area contributed by atoms with Gasteiger partial charge >= 0.3 is 0 Å². The van der Waals surface area contributed by atoms with E-state index in [9.17, 15) is 4.79 Å². The van der Waals surface area contributed by atoms with Gasteiger partial charge in [0.15, 0.2) is 0 Å². The summed E-state index contributed by atoms with van der Waals surface area (Å²) in [5.74, 6) is 1.08. The zero-order valence-electron chi connectivity index (χ0n) is 15.0. The Bertz CT molecular complexity index is 888. The number of aromatic nitrogens is 2. The summed E-state index contributed by atoms with van der Waals surface area (Å²) in [6.45, 7) is 3.77. The fraction of sp³-hybridized carbons (Fsp3) is 0.333. The third-order valence-corrected chi connectivity index (χ3v) is 4.73. The minimum absolute atomic E-state index is 0.0692. The molecule has 1 heterocycles. The lowest BCUT2D eigenvalue weighted by Gasteiger charge is -2.07. The molecule has 1 aromatic heterocycles. The molecular formula is C21H24ClN3O. The van der Waals surface area contributed by atoms with Crippen molar-refractivity contribution >= 4 is 28.5 Å². The Hall–Kier alpha value is -2.33. The molecule has 0 saturated carbocycles. The van der Waals surface area contributed by atoms with Crippen molar-refractivity contribution in [2.75, 3.05) is 6.54 Å². The summed E-state index contributed by atoms with van der Waals surface area (Å²) >= 11 is 5.92. The van der Waals surface area contributed by atoms with Crippen molar-refractivity contribution in [2.45, 2.75) is 39.2 Å². The first kappa shape index (κ1) is 18.5. The maximum Gasteiger partial charge on any atom is 0.251 e. The van der Waals surface area contributed by atoms with E-state index in [-0.39, 0.29) is 5.91 Å². The van der Waals surface area contributed by atoms with Crippen LogP contribution in [0, 0.1) is 0 Å². The molecule has 0 saturated heterocycles. The van der Waals surface area contributed by atoms with Crippen LogP contribution in [-0.2, 0) is 13.0 Å². The van der Waals surface area contributed by atoms with E-state index in [1.54, 1.807) is 24.3 Å². The van der Waals surface area contributed by atoms with E-state index in [0.717, 1.165) is 43.6 Å². The molecular weight excluding hydrogens is 346 g/mol. The number of halogens is 1. The highest BCUT2D eigenvalue weighted by atomic mass is 35.5. The molecule has 0 fully saturated rings. The van der Waals surface area contributed by atoms with Crippen molar-refractivity contribution in [3.8, 4) is 0 Å². The lowest BCUT2D eigenvalue weighted by atomic mass is 10.1. The number of para-hydroxylation sites is 2. The minimum atomic E-state index is -0.0692. The van der Waals surface area contributed by atoms with E-state index in [1.165, 1.54) is 5.52 Å². The number of aryl methyl sites for hydroxylation is 2. The number of unbranched alkanes of at least 4 members (excludes halogenated alkanes) is 2. The number of hydrogen-bond acceptors (Lipinski definition) is 2. The largest absolute Gasteiger partial charge is 0.352 e. The van der Waals surface area contributed by atoms with Crippen molar-refractivity contribution < 1.29 is 4.79 Å². The molecule has 3 rings (SSSR count). The second-order valence-electron chi connectivity index (χ2n) is 6.34. The van der Waals surface area contributed by atoms with Crippen LogP contribution in [-0.4, -0.2) is 22.0 Å². The standard InChI is InChI=1S/C21H24ClN3O/c1-2-25-19-12-6-5-11-18(19)24-20(25)13-4-3-7-14-23-21(26)16-9-8-10-17(22)15-16/h5-6,8-12,15H,2-4,7,13-14H2,1H3,(H,23,26). The van der Waals surface area contributed by atoms with E-state index < -0.39 is 0 Å². The molecule has 2 aromatic carbocycles. The summed E-state index contributed by atoms with van der Waals surface area (Å²) in [6, 6.07) is 15.3. The Morgan fingerprint density at radius 3 is 2.77 bits per heavy atom. The molecule has 0 radical (unpaired) electrons. The number of benzene rings is 2. The Morgan fingerprint density at radius 1 is 1.12 bits per heavy atom. The summed E-state index contributed by atoms with van der Waals surface area (Å²) in [5, 5.41) is 3.53. The van der Waals surface area contributed by atoms with Crippen molar-refractivity contribution in [1.82, 2.24) is 14.9 Å². The van der Waals surface area contributed by atoms with Gasteiger partial charge in [0.25, 0.3) is 5.91 Å². The highest BCUT2D eigenvalue weighted by molar-refractivity contribution is 6.30. The summed E-state index contributed by atoms with van der Waals surface area (Å²) < 4.78 is 2.29. The lowest BCUT2D eigenvalue weighted by Crippen LogP contribution is -2.24. The zero-order chi connectivity index (χ0) is 18.4. The van der Waals surface area contributed by atoms with E-state index in [0.29, 0.717) is 17.1 Å². The highest BCUT2D eigenvalue weighted by Crippen LogP contribution is 2.17. The Morgan fingerprint density at radius 2 is 1.96 bits per heavy atom. The Balaban J connectivity index is 1.43. The van der Waals surface area contributed by atoms with Crippen molar-refractivity contribution in [2.24, 2.45) is 0 Å². The SMILES string of the molecule is CCn1c(CCCCCNC(=O)c2cccc(Cl)c2)nc2ccccc21. The van der Waals surface area contributed by atoms with Gasteiger partial charge in [-0.2, -0.15) is 0 Å². The van der Waals surface area contributed by atoms with Gasteiger partial charge in [-0.05, 0) is 50.1 Å². The molecule has 26 heavy (non-hydrogen) atoms. The van der Waals surface area contributed by atoms with E-state index in [1.807, 2.05) is 6.07 Å². The fourth-order valence-electron chi connectivity index (χ4n) is 3.19. The van der Waals surface area contributed by atoms with E-state index in [4.69, 9.17) is 16.6 Å². The number of nitrogens with zero attached hydrogens (tertiary/aromatic N) is 2. The second kappa shape index (κ2) is 8.86. The maximum atomic E-state index is 12.1. The predicted molar refractivity (Wildman–Crippen MR) is 107 cm³/mol. The molecule has 136 valence electrons. The molecule has 0 aliphatic rings. The monoisotopic (exact) mass is 369 g/mol. The van der Waals surface area contributed by atoms with Gasteiger partial charge in [0.05, 0.1) is 11.0 Å². The first-order chi connectivity index (χ1) is 12.7. The molecule has 3 aromatic rings. The van der Waals surface area contributed by atoms with Gasteiger partial charge in [-0.3, -0.25) is 4.79 Å². The quantitative estimate of drug-likeness (QED) is 0.577. The number of rotatable bonds is 8. The minimum Gasteiger partial charge on any atom is -0.352 e. The molecule has 0 bridgehead atoms. The van der Waals surface area contributed by atoms with Gasteiger partial charge in [-0.25, -0.2) is 4.98 Å². The number of amides is 1. The number of imidazole rings is 1. The van der Waals surface area contributed by atoms with Crippen LogP contribution in [0.5, 0.6) is 0 Å². The van der Waals surface area contributed by atoms with Crippen LogP contribution in [0.2, 0.25) is 5.02 Å². The molecule has 4 nitrogen and oxygen atoms in total. The normalized spacial score (nSPS) is 11.0. The second-order valence-corrected chi connectivity index (χ2v) is 6.77. The molecule has 1 amide bonds. The van der Waals surface area contributed by atoms with Crippen LogP contribution in [0.3, 0.4) is 0 Å². The Labute approximate surface area is 159 Å². The summed E-state index contributed by atoms with van der Waals surface area (Å²) in [4.78, 5) is 16.8. The summed E-state index contributed by atoms with van der Waals surface area (Å²) in [7, 11) is 0. The number of fused-ring (bicyclic) bond motifs is 1. The predicted octanol–water partition coefficient (Wildman–Crippen LogP) is 4.85. The van der Waals surface area contributed by atoms with Crippen molar-refractivity contribution in [3.63, 3.8) is 0 Å². The number of carbonyl (C=O) groups is 1. The molecule has 5 heteroatoms. The Kier molecular flexibility index (Phi) is 6.29. The van der Waals surface area contributed by atoms with Gasteiger partial charge in [-0.15, -0.1) is 0 Å². The number of hydrogen-bond donors (Lipinski definition) is 1. The van der Waals surface area contributed by atoms with Crippen LogP contribution in [0.25, 0.3) is 11.0 Å². The van der Waals surface area contributed by atoms with Crippen LogP contribution >= 0.6 is 11.6 Å². The molecule has 1 N–H and O–H groups in total. The van der Waals surface area contributed by atoms with Gasteiger partial charge in [0, 0.05) is 30.1 Å². The molecule has 0 aliphatic carbocycles. The van der Waals surface area contributed by atoms with Crippen LogP contribution in [0.15, 0.2) is 48.5 Å². The van der Waals surface area contributed by atoms with Gasteiger partial charge in [-0.1, -0.05) is 36.2 Å². The van der Waals surface area contributed by atoms with Crippen LogP contribution in [0.4, 0.5) is 0 Å². The van der Waals surface area contributed by atoms with E-state index >= 15 is 0 Å². The summed E-state index contributed by atoms with van der Waals surface area (Å²) in [5.41, 5.74) is 2.88. The third kappa shape index (κ3) is 4.44. The van der Waals surface area contributed by atoms with Crippen molar-refractivity contribution in [3.05, 3.63) is 64.9 Å². The molecule has 0 aliphatic heterocycles. The van der Waals surface area contributed by atoms with Crippen LogP contribution < -0.4 is 5.32 Å². The van der Waals surface area contributed by atoms with Crippen LogP contribution in [0.1, 0.15) is 42.4 Å². The van der Waals surface area contributed by atoms with E-state index in [2.05, 4.69) is 35.0 Å². The topological polar surface area (TPSA) is 46.9 Å². The maximum absolute atomic E-state index is 12.1. The third-order valence-electron chi connectivity index (χ3n) is 4.50. The first-order valence-corrected chi connectivity index (χ1v) is 9.54. The van der Waals surface area contributed by atoms with Gasteiger partial charge < -0.3 is 9.88 Å².